The molecule has 1 aromatic carbocycles. The van der Waals surface area contributed by atoms with E-state index in [2.05, 4.69) is 20.9 Å². The smallest absolute Gasteiger partial charge is 0.326 e. The van der Waals surface area contributed by atoms with Crippen molar-refractivity contribution in [2.45, 2.75) is 62.9 Å². The molecule has 5 unspecified atom stereocenters. The normalized spacial score (nSPS) is 14.8. The molecule has 212 valence electrons. The molecule has 0 aliphatic heterocycles. The number of aromatic nitrogens is 1. The molecule has 1 aromatic heterocycles. The van der Waals surface area contributed by atoms with Crippen molar-refractivity contribution in [3.63, 3.8) is 0 Å². The summed E-state index contributed by atoms with van der Waals surface area (Å²) in [7, 11) is 0. The first-order valence-electron chi connectivity index (χ1n) is 11.9. The summed E-state index contributed by atoms with van der Waals surface area (Å²) in [5.41, 5.74) is 12.1. The number of carbonyl (C=O) groups excluding carboxylic acids is 4. The molecule has 5 atom stereocenters. The van der Waals surface area contributed by atoms with Crippen LogP contribution in [0.25, 0.3) is 10.9 Å². The number of carboxylic acids is 2. The standard InChI is InChI=1S/C24H32N6O9/c1-11(31)20(26)23(37)28-15(6-7-19(33)34)21(35)29-16(9-18(25)32)22(36)30-17(24(38)39)8-12-10-27-14-5-3-2-4-13(12)14/h2-5,10-11,15-17,20,27,31H,6-9,26H2,1H3,(H2,25,32)(H,28,37)(H,29,35)(H,30,36)(H,33,34)(H,38,39). The summed E-state index contributed by atoms with van der Waals surface area (Å²) in [5, 5.41) is 35.7. The van der Waals surface area contributed by atoms with Gasteiger partial charge in [0.2, 0.25) is 23.6 Å². The lowest BCUT2D eigenvalue weighted by atomic mass is 10.0. The monoisotopic (exact) mass is 548 g/mol. The molecule has 11 N–H and O–H groups in total. The third kappa shape index (κ3) is 9.08. The second kappa shape index (κ2) is 13.9. The van der Waals surface area contributed by atoms with Gasteiger partial charge in [-0.25, -0.2) is 4.79 Å². The van der Waals surface area contributed by atoms with E-state index >= 15 is 0 Å². The van der Waals surface area contributed by atoms with Crippen LogP contribution in [0.1, 0.15) is 31.7 Å². The third-order valence-corrected chi connectivity index (χ3v) is 5.85. The second-order valence-corrected chi connectivity index (χ2v) is 8.95. The molecular formula is C24H32N6O9. The van der Waals surface area contributed by atoms with Crippen LogP contribution in [0.2, 0.25) is 0 Å². The number of hydrogen-bond donors (Lipinski definition) is 9. The Labute approximate surface area is 222 Å². The number of aliphatic hydroxyl groups is 1. The summed E-state index contributed by atoms with van der Waals surface area (Å²) in [5.74, 6) is -6.71. The van der Waals surface area contributed by atoms with E-state index in [1.54, 1.807) is 30.5 Å². The summed E-state index contributed by atoms with van der Waals surface area (Å²) in [6.07, 6.45) is -1.50. The SMILES string of the molecule is CC(O)C(N)C(=O)NC(CCC(=O)O)C(=O)NC(CC(N)=O)C(=O)NC(Cc1c[nH]c2ccccc12)C(=O)O. The first-order valence-corrected chi connectivity index (χ1v) is 11.9. The van der Waals surface area contributed by atoms with Gasteiger partial charge in [-0.05, 0) is 25.0 Å². The van der Waals surface area contributed by atoms with Crippen LogP contribution < -0.4 is 27.4 Å². The van der Waals surface area contributed by atoms with Crippen molar-refractivity contribution < 1.29 is 44.1 Å². The van der Waals surface area contributed by atoms with Gasteiger partial charge in [0.25, 0.3) is 0 Å². The number of fused-ring (bicyclic) bond motifs is 1. The van der Waals surface area contributed by atoms with Crippen molar-refractivity contribution in [2.24, 2.45) is 11.5 Å². The minimum absolute atomic E-state index is 0.128. The summed E-state index contributed by atoms with van der Waals surface area (Å²) in [4.78, 5) is 75.8. The van der Waals surface area contributed by atoms with Gasteiger partial charge in [0.15, 0.2) is 0 Å². The zero-order chi connectivity index (χ0) is 29.3. The maximum atomic E-state index is 13.0. The maximum Gasteiger partial charge on any atom is 0.326 e. The molecule has 0 aliphatic carbocycles. The molecule has 0 radical (unpaired) electrons. The molecule has 0 aliphatic rings. The largest absolute Gasteiger partial charge is 0.481 e. The molecule has 0 spiro atoms. The van der Waals surface area contributed by atoms with Gasteiger partial charge in [0, 0.05) is 29.9 Å². The van der Waals surface area contributed by atoms with Gasteiger partial charge < -0.3 is 47.7 Å². The van der Waals surface area contributed by atoms with E-state index in [4.69, 9.17) is 16.6 Å². The molecule has 4 amide bonds. The molecule has 1 heterocycles. The Kier molecular flexibility index (Phi) is 10.9. The Bertz CT molecular complexity index is 1230. The van der Waals surface area contributed by atoms with Crippen LogP contribution in [-0.4, -0.2) is 86.1 Å². The predicted octanol–water partition coefficient (Wildman–Crippen LogP) is -2.30. The highest BCUT2D eigenvalue weighted by atomic mass is 16.4. The Morgan fingerprint density at radius 3 is 2.10 bits per heavy atom. The number of rotatable bonds is 15. The summed E-state index contributed by atoms with van der Waals surface area (Å²) >= 11 is 0. The van der Waals surface area contributed by atoms with Crippen molar-refractivity contribution in [3.8, 4) is 0 Å². The van der Waals surface area contributed by atoms with Crippen molar-refractivity contribution in [3.05, 3.63) is 36.0 Å². The molecule has 2 rings (SSSR count). The van der Waals surface area contributed by atoms with Crippen molar-refractivity contribution in [2.75, 3.05) is 0 Å². The van der Waals surface area contributed by atoms with E-state index in [9.17, 15) is 39.0 Å². The van der Waals surface area contributed by atoms with Crippen LogP contribution in [-0.2, 0) is 35.2 Å². The molecule has 15 nitrogen and oxygen atoms in total. The molecule has 0 bridgehead atoms. The van der Waals surface area contributed by atoms with Gasteiger partial charge in [0.1, 0.15) is 24.2 Å². The van der Waals surface area contributed by atoms with Gasteiger partial charge in [0.05, 0.1) is 12.5 Å². The molecular weight excluding hydrogens is 516 g/mol. The topological polar surface area (TPSA) is 267 Å². The number of hydrogen-bond acceptors (Lipinski definition) is 8. The Balaban J connectivity index is 2.20. The van der Waals surface area contributed by atoms with Gasteiger partial charge >= 0.3 is 11.9 Å². The number of nitrogens with one attached hydrogen (secondary N) is 4. The highest BCUT2D eigenvalue weighted by Gasteiger charge is 2.32. The number of para-hydroxylation sites is 1. The van der Waals surface area contributed by atoms with E-state index in [0.717, 1.165) is 10.9 Å². The molecule has 0 saturated heterocycles. The number of H-pyrrole nitrogens is 1. The minimum Gasteiger partial charge on any atom is -0.481 e. The van der Waals surface area contributed by atoms with Crippen molar-refractivity contribution in [1.82, 2.24) is 20.9 Å². The first kappa shape index (κ1) is 30.7. The Hall–Kier alpha value is -4.50. The zero-order valence-corrected chi connectivity index (χ0v) is 21.0. The molecule has 0 fully saturated rings. The van der Waals surface area contributed by atoms with Gasteiger partial charge in [-0.3, -0.25) is 24.0 Å². The molecule has 0 saturated carbocycles. The van der Waals surface area contributed by atoms with Crippen LogP contribution in [0, 0.1) is 0 Å². The van der Waals surface area contributed by atoms with E-state index in [1.165, 1.54) is 6.92 Å². The van der Waals surface area contributed by atoms with E-state index in [0.29, 0.717) is 5.56 Å². The first-order chi connectivity index (χ1) is 18.3. The summed E-state index contributed by atoms with van der Waals surface area (Å²) in [6, 6.07) is 1.08. The Morgan fingerprint density at radius 1 is 0.923 bits per heavy atom. The number of aliphatic carboxylic acids is 2. The number of aliphatic hydroxyl groups excluding tert-OH is 1. The minimum atomic E-state index is -1.64. The quantitative estimate of drug-likeness (QED) is 0.115. The fraction of sp³-hybridized carbons (Fsp3) is 0.417. The number of carbonyl (C=O) groups is 6. The average Bonchev–Trinajstić information content (AvgIpc) is 3.27. The zero-order valence-electron chi connectivity index (χ0n) is 21.0. The van der Waals surface area contributed by atoms with E-state index in [-0.39, 0.29) is 6.42 Å². The number of carboxylic acid groups (broad SMARTS) is 2. The second-order valence-electron chi connectivity index (χ2n) is 8.95. The highest BCUT2D eigenvalue weighted by Crippen LogP contribution is 2.19. The third-order valence-electron chi connectivity index (χ3n) is 5.85. The van der Waals surface area contributed by atoms with Crippen molar-refractivity contribution in [1.29, 1.82) is 0 Å². The van der Waals surface area contributed by atoms with Gasteiger partial charge in [-0.2, -0.15) is 0 Å². The predicted molar refractivity (Wildman–Crippen MR) is 136 cm³/mol. The number of primary amides is 1. The lowest BCUT2D eigenvalue weighted by Crippen LogP contribution is -2.58. The maximum absolute atomic E-state index is 13.0. The van der Waals surface area contributed by atoms with Crippen LogP contribution in [0.4, 0.5) is 0 Å². The Morgan fingerprint density at radius 2 is 1.51 bits per heavy atom. The van der Waals surface area contributed by atoms with Gasteiger partial charge in [-0.1, -0.05) is 18.2 Å². The number of amides is 4. The molecule has 39 heavy (non-hydrogen) atoms. The number of benzene rings is 1. The van der Waals surface area contributed by atoms with Crippen molar-refractivity contribution >= 4 is 46.5 Å². The number of aromatic amines is 1. The van der Waals surface area contributed by atoms with E-state index < -0.39 is 85.1 Å². The van der Waals surface area contributed by atoms with E-state index in [1.807, 2.05) is 0 Å². The van der Waals surface area contributed by atoms with Crippen LogP contribution in [0.15, 0.2) is 30.5 Å². The average molecular weight is 549 g/mol. The molecule has 2 aromatic rings. The lowest BCUT2D eigenvalue weighted by Gasteiger charge is -2.25. The summed E-state index contributed by atoms with van der Waals surface area (Å²) < 4.78 is 0. The van der Waals surface area contributed by atoms with Crippen LogP contribution >= 0.6 is 0 Å². The van der Waals surface area contributed by atoms with Crippen LogP contribution in [0.5, 0.6) is 0 Å². The van der Waals surface area contributed by atoms with Gasteiger partial charge in [-0.15, -0.1) is 0 Å². The lowest BCUT2D eigenvalue weighted by molar-refractivity contribution is -0.142. The highest BCUT2D eigenvalue weighted by molar-refractivity contribution is 5.96. The fourth-order valence-electron chi connectivity index (χ4n) is 3.70. The fourth-order valence-corrected chi connectivity index (χ4v) is 3.70. The molecule has 15 heteroatoms. The summed E-state index contributed by atoms with van der Waals surface area (Å²) in [6.45, 7) is 1.24. The number of nitrogens with two attached hydrogens (primary N) is 2. The van der Waals surface area contributed by atoms with Crippen LogP contribution in [0.3, 0.4) is 0 Å².